The van der Waals surface area contributed by atoms with Crippen molar-refractivity contribution in [3.05, 3.63) is 28.2 Å². The van der Waals surface area contributed by atoms with Crippen molar-refractivity contribution in [2.24, 2.45) is 0 Å². The average molecular weight is 340 g/mol. The maximum Gasteiger partial charge on any atom is 0.0423 e. The molecule has 0 amide bonds. The largest absolute Gasteiger partial charge is 0.371 e. The van der Waals surface area contributed by atoms with Crippen LogP contribution in [0.4, 0.5) is 5.69 Å². The summed E-state index contributed by atoms with van der Waals surface area (Å²) in [5, 5.41) is 3.27. The van der Waals surface area contributed by atoms with E-state index in [0.717, 1.165) is 11.0 Å². The van der Waals surface area contributed by atoms with Gasteiger partial charge in [-0.3, -0.25) is 0 Å². The zero-order valence-electron chi connectivity index (χ0n) is 12.8. The van der Waals surface area contributed by atoms with Gasteiger partial charge < -0.3 is 15.1 Å². The van der Waals surface area contributed by atoms with Crippen LogP contribution in [0.15, 0.2) is 22.7 Å². The van der Waals surface area contributed by atoms with Crippen molar-refractivity contribution in [1.29, 1.82) is 0 Å². The predicted molar refractivity (Wildman–Crippen MR) is 90.4 cm³/mol. The van der Waals surface area contributed by atoms with Gasteiger partial charge in [0, 0.05) is 42.9 Å². The van der Waals surface area contributed by atoms with E-state index in [9.17, 15) is 0 Å². The van der Waals surface area contributed by atoms with Gasteiger partial charge in [0.25, 0.3) is 0 Å². The smallest absolute Gasteiger partial charge is 0.0423 e. The van der Waals surface area contributed by atoms with E-state index < -0.39 is 0 Å². The maximum atomic E-state index is 3.61. The third-order valence-electron chi connectivity index (χ3n) is 4.35. The molecule has 1 aliphatic rings. The van der Waals surface area contributed by atoms with Gasteiger partial charge in [0.15, 0.2) is 0 Å². The Hall–Kier alpha value is -0.580. The summed E-state index contributed by atoms with van der Waals surface area (Å²) < 4.78 is 1.16. The molecule has 112 valence electrons. The molecule has 1 N–H and O–H groups in total. The molecule has 20 heavy (non-hydrogen) atoms. The predicted octanol–water partition coefficient (Wildman–Crippen LogP) is 3.09. The number of benzene rings is 1. The molecule has 0 radical (unpaired) electrons. The van der Waals surface area contributed by atoms with Gasteiger partial charge in [0.1, 0.15) is 0 Å². The van der Waals surface area contributed by atoms with Gasteiger partial charge in [-0.1, -0.05) is 28.9 Å². The number of nitrogens with one attached hydrogen (secondary N) is 1. The first-order valence-electron chi connectivity index (χ1n) is 7.54. The van der Waals surface area contributed by atoms with Crippen LogP contribution in [0.1, 0.15) is 25.3 Å². The molecule has 0 saturated carbocycles. The molecule has 0 bridgehead atoms. The summed E-state index contributed by atoms with van der Waals surface area (Å²) in [6, 6.07) is 7.25. The van der Waals surface area contributed by atoms with E-state index in [0.29, 0.717) is 6.04 Å². The lowest BCUT2D eigenvalue weighted by Crippen LogP contribution is -2.43. The highest BCUT2D eigenvalue weighted by atomic mass is 79.9. The van der Waals surface area contributed by atoms with E-state index in [2.05, 4.69) is 63.2 Å². The van der Waals surface area contributed by atoms with Gasteiger partial charge >= 0.3 is 0 Å². The van der Waals surface area contributed by atoms with E-state index in [1.54, 1.807) is 0 Å². The second-order valence-corrected chi connectivity index (χ2v) is 6.50. The first kappa shape index (κ1) is 15.8. The Balaban J connectivity index is 2.12. The minimum atomic E-state index is 0.655. The Bertz CT molecular complexity index is 428. The third kappa shape index (κ3) is 3.74. The first-order chi connectivity index (χ1) is 9.65. The molecule has 0 spiro atoms. The minimum Gasteiger partial charge on any atom is -0.371 e. The summed E-state index contributed by atoms with van der Waals surface area (Å²) in [5.41, 5.74) is 2.72. The normalized spacial score (nSPS) is 17.4. The molecule has 0 unspecified atom stereocenters. The quantitative estimate of drug-likeness (QED) is 0.889. The summed E-state index contributed by atoms with van der Waals surface area (Å²) in [7, 11) is 4.25. The third-order valence-corrected chi connectivity index (χ3v) is 4.84. The van der Waals surface area contributed by atoms with Crippen LogP contribution in [0.5, 0.6) is 0 Å². The van der Waals surface area contributed by atoms with E-state index >= 15 is 0 Å². The molecule has 1 saturated heterocycles. The van der Waals surface area contributed by atoms with E-state index in [1.807, 2.05) is 7.05 Å². The van der Waals surface area contributed by atoms with Crippen molar-refractivity contribution in [3.8, 4) is 0 Å². The van der Waals surface area contributed by atoms with Crippen molar-refractivity contribution in [3.63, 3.8) is 0 Å². The molecule has 0 atom stereocenters. The molecule has 1 aromatic rings. The van der Waals surface area contributed by atoms with Crippen molar-refractivity contribution in [2.45, 2.75) is 32.4 Å². The topological polar surface area (TPSA) is 18.5 Å². The molecule has 0 aromatic heterocycles. The molecule has 3 nitrogen and oxygen atoms in total. The number of hydrogen-bond acceptors (Lipinski definition) is 3. The summed E-state index contributed by atoms with van der Waals surface area (Å²) >= 11 is 3.61. The van der Waals surface area contributed by atoms with Crippen LogP contribution in [0.25, 0.3) is 0 Å². The van der Waals surface area contributed by atoms with Crippen LogP contribution >= 0.6 is 15.9 Å². The second kappa shape index (κ2) is 7.43. The molecular formula is C16H26BrN3. The monoisotopic (exact) mass is 339 g/mol. The molecule has 1 heterocycles. The molecule has 4 heteroatoms. The van der Waals surface area contributed by atoms with Crippen LogP contribution < -0.4 is 10.2 Å². The second-order valence-electron chi connectivity index (χ2n) is 5.58. The Labute approximate surface area is 131 Å². The zero-order chi connectivity index (χ0) is 14.5. The molecule has 1 aromatic carbocycles. The van der Waals surface area contributed by atoms with E-state index in [1.165, 1.54) is 43.7 Å². The van der Waals surface area contributed by atoms with Gasteiger partial charge in [-0.25, -0.2) is 0 Å². The minimum absolute atomic E-state index is 0.655. The zero-order valence-corrected chi connectivity index (χ0v) is 14.4. The molecule has 1 fully saturated rings. The number of hydrogen-bond donors (Lipinski definition) is 1. The molecule has 1 aliphatic heterocycles. The van der Waals surface area contributed by atoms with Gasteiger partial charge in [-0.15, -0.1) is 0 Å². The van der Waals surface area contributed by atoms with Gasteiger partial charge in [0.2, 0.25) is 0 Å². The Morgan fingerprint density at radius 2 is 2.05 bits per heavy atom. The summed E-state index contributed by atoms with van der Waals surface area (Å²) in [6.07, 6.45) is 2.52. The standard InChI is InChI=1S/C16H26BrN3/c1-4-20-9-7-15(8-10-20)19(3)16-11-14(17)6-5-13(16)12-18-2/h5-6,11,15,18H,4,7-10,12H2,1-3H3. The van der Waals surface area contributed by atoms with Crippen LogP contribution in [0.2, 0.25) is 0 Å². The number of rotatable bonds is 5. The number of piperidine rings is 1. The van der Waals surface area contributed by atoms with Crippen molar-refractivity contribution in [2.75, 3.05) is 38.6 Å². The number of nitrogens with zero attached hydrogens (tertiary/aromatic N) is 2. The van der Waals surface area contributed by atoms with Crippen LogP contribution in [0.3, 0.4) is 0 Å². The van der Waals surface area contributed by atoms with Crippen molar-refractivity contribution in [1.82, 2.24) is 10.2 Å². The van der Waals surface area contributed by atoms with Crippen molar-refractivity contribution >= 4 is 21.6 Å². The van der Waals surface area contributed by atoms with E-state index in [-0.39, 0.29) is 0 Å². The fourth-order valence-electron chi connectivity index (χ4n) is 3.02. The first-order valence-corrected chi connectivity index (χ1v) is 8.33. The molecular weight excluding hydrogens is 314 g/mol. The lowest BCUT2D eigenvalue weighted by atomic mass is 10.0. The fourth-order valence-corrected chi connectivity index (χ4v) is 3.37. The van der Waals surface area contributed by atoms with Crippen LogP contribution in [-0.4, -0.2) is 44.7 Å². The molecule has 0 aliphatic carbocycles. The highest BCUT2D eigenvalue weighted by Crippen LogP contribution is 2.28. The van der Waals surface area contributed by atoms with Gasteiger partial charge in [-0.05, 0) is 44.1 Å². The number of anilines is 1. The number of likely N-dealkylation sites (tertiary alicyclic amines) is 1. The van der Waals surface area contributed by atoms with Crippen LogP contribution in [-0.2, 0) is 6.54 Å². The van der Waals surface area contributed by atoms with Gasteiger partial charge in [-0.2, -0.15) is 0 Å². The van der Waals surface area contributed by atoms with E-state index in [4.69, 9.17) is 0 Å². The van der Waals surface area contributed by atoms with Gasteiger partial charge in [0.05, 0.1) is 0 Å². The summed E-state index contributed by atoms with van der Waals surface area (Å²) in [4.78, 5) is 5.02. The lowest BCUT2D eigenvalue weighted by Gasteiger charge is -2.38. The lowest BCUT2D eigenvalue weighted by molar-refractivity contribution is 0.221. The SMILES string of the molecule is CCN1CCC(N(C)c2cc(Br)ccc2CNC)CC1. The number of halogens is 1. The van der Waals surface area contributed by atoms with Crippen LogP contribution in [0, 0.1) is 0 Å². The van der Waals surface area contributed by atoms with Crippen molar-refractivity contribution < 1.29 is 0 Å². The fraction of sp³-hybridized carbons (Fsp3) is 0.625. The summed E-state index contributed by atoms with van der Waals surface area (Å²) in [5.74, 6) is 0. The highest BCUT2D eigenvalue weighted by Gasteiger charge is 2.23. The Morgan fingerprint density at radius 3 is 2.65 bits per heavy atom. The molecule has 2 rings (SSSR count). The highest BCUT2D eigenvalue weighted by molar-refractivity contribution is 9.10. The average Bonchev–Trinajstić information content (AvgIpc) is 2.48. The Kier molecular flexibility index (Phi) is 5.87. The summed E-state index contributed by atoms with van der Waals surface area (Å²) in [6.45, 7) is 6.80. The maximum absolute atomic E-state index is 3.61. The Morgan fingerprint density at radius 1 is 1.35 bits per heavy atom.